The highest BCUT2D eigenvalue weighted by atomic mass is 35.5. The molecule has 0 spiro atoms. The fraction of sp³-hybridized carbons (Fsp3) is 0.588. The highest BCUT2D eigenvalue weighted by molar-refractivity contribution is 5.85. The Morgan fingerprint density at radius 1 is 1.41 bits per heavy atom. The summed E-state index contributed by atoms with van der Waals surface area (Å²) in [6, 6.07) is 7.95. The molecule has 2 unspecified atom stereocenters. The molecule has 1 saturated heterocycles. The molecule has 2 atom stereocenters. The van der Waals surface area contributed by atoms with Crippen molar-refractivity contribution in [2.24, 2.45) is 11.8 Å². The summed E-state index contributed by atoms with van der Waals surface area (Å²) in [6.07, 6.45) is 1.83. The molecular formula is C17H27ClN2O2. The summed E-state index contributed by atoms with van der Waals surface area (Å²) in [5.74, 6) is 1.58. The molecule has 0 bridgehead atoms. The maximum atomic E-state index is 12.4. The third-order valence-corrected chi connectivity index (χ3v) is 3.97. The number of carbonyl (C=O) groups is 1. The molecule has 4 nitrogen and oxygen atoms in total. The number of halogens is 1. The molecule has 124 valence electrons. The topological polar surface area (TPSA) is 50.4 Å². The number of rotatable bonds is 6. The van der Waals surface area contributed by atoms with Crippen LogP contribution in [0.5, 0.6) is 5.75 Å². The monoisotopic (exact) mass is 326 g/mol. The van der Waals surface area contributed by atoms with Crippen LogP contribution in [0.2, 0.25) is 0 Å². The molecule has 0 radical (unpaired) electrons. The van der Waals surface area contributed by atoms with Crippen LogP contribution in [0.3, 0.4) is 0 Å². The Bertz CT molecular complexity index is 473. The highest BCUT2D eigenvalue weighted by Crippen LogP contribution is 2.29. The number of carbonyl (C=O) groups excluding carboxylic acids is 1. The van der Waals surface area contributed by atoms with Gasteiger partial charge in [-0.1, -0.05) is 32.0 Å². The summed E-state index contributed by atoms with van der Waals surface area (Å²) in [4.78, 5) is 12.4. The van der Waals surface area contributed by atoms with Crippen molar-refractivity contribution in [3.63, 3.8) is 0 Å². The molecular weight excluding hydrogens is 300 g/mol. The van der Waals surface area contributed by atoms with E-state index in [1.165, 1.54) is 0 Å². The Morgan fingerprint density at radius 2 is 2.14 bits per heavy atom. The molecule has 0 aliphatic carbocycles. The van der Waals surface area contributed by atoms with Crippen molar-refractivity contribution >= 4 is 18.3 Å². The van der Waals surface area contributed by atoms with E-state index in [1.807, 2.05) is 24.3 Å². The first-order valence-electron chi connectivity index (χ1n) is 7.75. The molecule has 1 aromatic rings. The summed E-state index contributed by atoms with van der Waals surface area (Å²) in [5, 5.41) is 6.47. The number of benzene rings is 1. The van der Waals surface area contributed by atoms with Gasteiger partial charge in [-0.3, -0.25) is 4.79 Å². The van der Waals surface area contributed by atoms with Crippen LogP contribution in [0.25, 0.3) is 0 Å². The summed E-state index contributed by atoms with van der Waals surface area (Å²) in [7, 11) is 1.67. The molecule has 1 aliphatic rings. The van der Waals surface area contributed by atoms with Crippen LogP contribution < -0.4 is 15.4 Å². The van der Waals surface area contributed by atoms with Crippen LogP contribution in [-0.4, -0.2) is 26.1 Å². The lowest BCUT2D eigenvalue weighted by Gasteiger charge is -2.24. The second-order valence-electron chi connectivity index (χ2n) is 6.12. The minimum atomic E-state index is 0. The molecule has 1 heterocycles. The number of hydrogen-bond acceptors (Lipinski definition) is 3. The van der Waals surface area contributed by atoms with E-state index in [4.69, 9.17) is 4.74 Å². The number of para-hydroxylation sites is 1. The first-order valence-corrected chi connectivity index (χ1v) is 7.75. The van der Waals surface area contributed by atoms with E-state index < -0.39 is 0 Å². The first-order chi connectivity index (χ1) is 10.1. The predicted octanol–water partition coefficient (Wildman–Crippen LogP) is 2.93. The van der Waals surface area contributed by atoms with E-state index >= 15 is 0 Å². The summed E-state index contributed by atoms with van der Waals surface area (Å²) in [6.45, 7) is 6.06. The molecule has 0 saturated carbocycles. The quantitative estimate of drug-likeness (QED) is 0.845. The van der Waals surface area contributed by atoms with Crippen LogP contribution in [0.4, 0.5) is 0 Å². The molecule has 0 aromatic heterocycles. The van der Waals surface area contributed by atoms with Crippen LogP contribution in [0, 0.1) is 11.8 Å². The SMILES string of the molecule is COc1ccccc1C(CC(C)C)NC(=O)C1CCNC1.Cl. The zero-order valence-corrected chi connectivity index (χ0v) is 14.4. The molecule has 1 aliphatic heterocycles. The first kappa shape index (κ1) is 18.8. The lowest BCUT2D eigenvalue weighted by atomic mass is 9.95. The molecule has 2 N–H and O–H groups in total. The standard InChI is InChI=1S/C17H26N2O2.ClH/c1-12(2)10-15(14-6-4-5-7-16(14)21-3)19-17(20)13-8-9-18-11-13;/h4-7,12-13,15,18H,8-11H2,1-3H3,(H,19,20);1H. The average molecular weight is 327 g/mol. The molecule has 1 amide bonds. The van der Waals surface area contributed by atoms with Crippen molar-refractivity contribution in [2.75, 3.05) is 20.2 Å². The van der Waals surface area contributed by atoms with Gasteiger partial charge in [-0.2, -0.15) is 0 Å². The minimum Gasteiger partial charge on any atom is -0.496 e. The number of amides is 1. The van der Waals surface area contributed by atoms with Crippen LogP contribution in [-0.2, 0) is 4.79 Å². The van der Waals surface area contributed by atoms with Gasteiger partial charge in [0, 0.05) is 12.1 Å². The van der Waals surface area contributed by atoms with Crippen molar-refractivity contribution < 1.29 is 9.53 Å². The van der Waals surface area contributed by atoms with Crippen molar-refractivity contribution in [3.8, 4) is 5.75 Å². The third kappa shape index (κ3) is 4.89. The summed E-state index contributed by atoms with van der Waals surface area (Å²) >= 11 is 0. The molecule has 1 fully saturated rings. The second kappa shape index (κ2) is 9.01. The van der Waals surface area contributed by atoms with E-state index in [1.54, 1.807) is 7.11 Å². The average Bonchev–Trinajstić information content (AvgIpc) is 3.00. The Kier molecular flexibility index (Phi) is 7.69. The van der Waals surface area contributed by atoms with Crippen LogP contribution in [0.15, 0.2) is 24.3 Å². The predicted molar refractivity (Wildman–Crippen MR) is 91.6 cm³/mol. The Balaban J connectivity index is 0.00000242. The summed E-state index contributed by atoms with van der Waals surface area (Å²) < 4.78 is 5.45. The lowest BCUT2D eigenvalue weighted by molar-refractivity contribution is -0.125. The Morgan fingerprint density at radius 3 is 2.73 bits per heavy atom. The van der Waals surface area contributed by atoms with Gasteiger partial charge < -0.3 is 15.4 Å². The zero-order chi connectivity index (χ0) is 15.2. The number of nitrogens with one attached hydrogen (secondary N) is 2. The summed E-state index contributed by atoms with van der Waals surface area (Å²) in [5.41, 5.74) is 1.06. The van der Waals surface area contributed by atoms with Crippen LogP contribution in [0.1, 0.15) is 38.3 Å². The van der Waals surface area contributed by atoms with Gasteiger partial charge in [0.1, 0.15) is 5.75 Å². The van der Waals surface area contributed by atoms with Crippen molar-refractivity contribution in [3.05, 3.63) is 29.8 Å². The van der Waals surface area contributed by atoms with Crippen molar-refractivity contribution in [1.29, 1.82) is 0 Å². The normalized spacial score (nSPS) is 18.6. The van der Waals surface area contributed by atoms with Crippen molar-refractivity contribution in [1.82, 2.24) is 10.6 Å². The van der Waals surface area contributed by atoms with E-state index in [9.17, 15) is 4.79 Å². The van der Waals surface area contributed by atoms with Gasteiger partial charge in [-0.15, -0.1) is 12.4 Å². The molecule has 1 aromatic carbocycles. The lowest BCUT2D eigenvalue weighted by Crippen LogP contribution is -2.35. The number of methoxy groups -OCH3 is 1. The van der Waals surface area contributed by atoms with Gasteiger partial charge in [-0.25, -0.2) is 0 Å². The maximum Gasteiger partial charge on any atom is 0.224 e. The fourth-order valence-electron chi connectivity index (χ4n) is 2.86. The second-order valence-corrected chi connectivity index (χ2v) is 6.12. The van der Waals surface area contributed by atoms with Gasteiger partial charge in [0.05, 0.1) is 19.1 Å². The van der Waals surface area contributed by atoms with Gasteiger partial charge in [0.15, 0.2) is 0 Å². The van der Waals surface area contributed by atoms with Gasteiger partial charge in [-0.05, 0) is 31.4 Å². The Hall–Kier alpha value is -1.26. The van der Waals surface area contributed by atoms with E-state index in [0.29, 0.717) is 5.92 Å². The van der Waals surface area contributed by atoms with E-state index in [2.05, 4.69) is 24.5 Å². The molecule has 22 heavy (non-hydrogen) atoms. The maximum absolute atomic E-state index is 12.4. The van der Waals surface area contributed by atoms with E-state index in [-0.39, 0.29) is 30.3 Å². The fourth-order valence-corrected chi connectivity index (χ4v) is 2.86. The van der Waals surface area contributed by atoms with Gasteiger partial charge >= 0.3 is 0 Å². The van der Waals surface area contributed by atoms with Crippen LogP contribution >= 0.6 is 12.4 Å². The zero-order valence-electron chi connectivity index (χ0n) is 13.6. The van der Waals surface area contributed by atoms with Gasteiger partial charge in [0.25, 0.3) is 0 Å². The molecule has 2 rings (SSSR count). The van der Waals surface area contributed by atoms with Gasteiger partial charge in [0.2, 0.25) is 5.91 Å². The Labute approximate surface area is 139 Å². The third-order valence-electron chi connectivity index (χ3n) is 3.97. The smallest absolute Gasteiger partial charge is 0.224 e. The van der Waals surface area contributed by atoms with Crippen molar-refractivity contribution in [2.45, 2.75) is 32.7 Å². The molecule has 5 heteroatoms. The highest BCUT2D eigenvalue weighted by Gasteiger charge is 2.26. The van der Waals surface area contributed by atoms with E-state index in [0.717, 1.165) is 37.2 Å². The minimum absolute atomic E-state index is 0. The largest absolute Gasteiger partial charge is 0.496 e. The number of hydrogen-bond donors (Lipinski definition) is 2. The number of ether oxygens (including phenoxy) is 1.